The normalized spacial score (nSPS) is 37.3. The van der Waals surface area contributed by atoms with Crippen LogP contribution in [0, 0.1) is 5.92 Å². The molecule has 3 atom stereocenters. The first-order chi connectivity index (χ1) is 8.20. The van der Waals surface area contributed by atoms with E-state index in [0.717, 1.165) is 12.5 Å². The van der Waals surface area contributed by atoms with E-state index >= 15 is 0 Å². The van der Waals surface area contributed by atoms with Gasteiger partial charge < -0.3 is 5.73 Å². The van der Waals surface area contributed by atoms with Crippen molar-refractivity contribution in [3.8, 4) is 0 Å². The van der Waals surface area contributed by atoms with Gasteiger partial charge in [0.25, 0.3) is 0 Å². The maximum atomic E-state index is 6.66. The van der Waals surface area contributed by atoms with Crippen LogP contribution in [0.4, 0.5) is 0 Å². The maximum Gasteiger partial charge on any atom is 0.0719 e. The van der Waals surface area contributed by atoms with Crippen molar-refractivity contribution in [2.75, 3.05) is 7.05 Å². The molecule has 2 heteroatoms. The smallest absolute Gasteiger partial charge is 0.0719 e. The van der Waals surface area contributed by atoms with Gasteiger partial charge in [-0.2, -0.15) is 0 Å². The minimum absolute atomic E-state index is 0.0429. The monoisotopic (exact) mass is 230 g/mol. The maximum absolute atomic E-state index is 6.66. The second kappa shape index (κ2) is 4.11. The molecule has 17 heavy (non-hydrogen) atoms. The average Bonchev–Trinajstić information content (AvgIpc) is 2.54. The molecule has 2 saturated heterocycles. The molecule has 2 aliphatic heterocycles. The Hall–Kier alpha value is -0.860. The Morgan fingerprint density at radius 3 is 2.76 bits per heavy atom. The van der Waals surface area contributed by atoms with Crippen molar-refractivity contribution in [3.63, 3.8) is 0 Å². The first kappa shape index (κ1) is 11.2. The Morgan fingerprint density at radius 2 is 2.00 bits per heavy atom. The van der Waals surface area contributed by atoms with Crippen LogP contribution < -0.4 is 5.73 Å². The van der Waals surface area contributed by atoms with E-state index in [9.17, 15) is 0 Å². The molecule has 0 aliphatic carbocycles. The van der Waals surface area contributed by atoms with Crippen molar-refractivity contribution in [2.45, 2.75) is 43.8 Å². The van der Waals surface area contributed by atoms with Gasteiger partial charge in [0.05, 0.1) is 5.66 Å². The zero-order valence-electron chi connectivity index (χ0n) is 10.6. The first-order valence-corrected chi connectivity index (χ1v) is 6.76. The van der Waals surface area contributed by atoms with E-state index < -0.39 is 0 Å². The molecule has 2 N–H and O–H groups in total. The van der Waals surface area contributed by atoms with Gasteiger partial charge in [0.1, 0.15) is 0 Å². The summed E-state index contributed by atoms with van der Waals surface area (Å²) < 4.78 is 0. The van der Waals surface area contributed by atoms with Gasteiger partial charge >= 0.3 is 0 Å². The lowest BCUT2D eigenvalue weighted by atomic mass is 9.81. The molecule has 0 amide bonds. The Balaban J connectivity index is 1.80. The van der Waals surface area contributed by atoms with Crippen molar-refractivity contribution in [2.24, 2.45) is 11.7 Å². The van der Waals surface area contributed by atoms with Crippen molar-refractivity contribution >= 4 is 0 Å². The zero-order chi connectivity index (χ0) is 11.9. The van der Waals surface area contributed by atoms with Gasteiger partial charge in [0.15, 0.2) is 0 Å². The van der Waals surface area contributed by atoms with E-state index in [-0.39, 0.29) is 5.66 Å². The quantitative estimate of drug-likeness (QED) is 0.845. The van der Waals surface area contributed by atoms with Crippen molar-refractivity contribution in [1.29, 1.82) is 0 Å². The Labute approximate surface area is 104 Å². The molecule has 0 saturated carbocycles. The third-order valence-electron chi connectivity index (χ3n) is 4.96. The van der Waals surface area contributed by atoms with Crippen LogP contribution in [0.1, 0.15) is 31.2 Å². The molecule has 0 radical (unpaired) electrons. The predicted molar refractivity (Wildman–Crippen MR) is 70.6 cm³/mol. The van der Waals surface area contributed by atoms with E-state index in [2.05, 4.69) is 42.3 Å². The molecule has 92 valence electrons. The third kappa shape index (κ3) is 1.80. The highest BCUT2D eigenvalue weighted by atomic mass is 15.3. The molecule has 3 rings (SSSR count). The number of nitrogens with zero attached hydrogens (tertiary/aromatic N) is 1. The standard InChI is InChI=1S/C15H22N2/c1-17-14-8-7-13(15(17,16)10-9-14)11-12-5-3-2-4-6-12/h2-6,13-14H,7-11,16H2,1H3/t13-,14-,15-/m1/s1. The van der Waals surface area contributed by atoms with Crippen LogP contribution in [0.25, 0.3) is 0 Å². The molecule has 2 fully saturated rings. The van der Waals surface area contributed by atoms with Gasteiger partial charge in [-0.25, -0.2) is 0 Å². The number of fused-ring (bicyclic) bond motifs is 2. The molecular weight excluding hydrogens is 208 g/mol. The lowest BCUT2D eigenvalue weighted by Crippen LogP contribution is -2.60. The van der Waals surface area contributed by atoms with E-state index in [1.165, 1.54) is 31.2 Å². The number of hydrogen-bond acceptors (Lipinski definition) is 2. The largest absolute Gasteiger partial charge is 0.313 e. The van der Waals surface area contributed by atoms with Crippen molar-refractivity contribution < 1.29 is 0 Å². The summed E-state index contributed by atoms with van der Waals surface area (Å²) in [6.45, 7) is 0. The van der Waals surface area contributed by atoms with E-state index in [4.69, 9.17) is 5.73 Å². The minimum Gasteiger partial charge on any atom is -0.313 e. The highest BCUT2D eigenvalue weighted by Crippen LogP contribution is 2.44. The van der Waals surface area contributed by atoms with Crippen LogP contribution in [0.5, 0.6) is 0 Å². The number of hydrogen-bond donors (Lipinski definition) is 1. The second-order valence-electron chi connectivity index (χ2n) is 5.76. The summed E-state index contributed by atoms with van der Waals surface area (Å²) in [6, 6.07) is 11.5. The summed E-state index contributed by atoms with van der Waals surface area (Å²) >= 11 is 0. The van der Waals surface area contributed by atoms with Gasteiger partial charge in [0.2, 0.25) is 0 Å². The summed E-state index contributed by atoms with van der Waals surface area (Å²) in [5, 5.41) is 0. The fourth-order valence-electron chi connectivity index (χ4n) is 3.76. The molecule has 1 aromatic rings. The highest BCUT2D eigenvalue weighted by Gasteiger charge is 2.49. The number of rotatable bonds is 2. The Bertz CT molecular complexity index is 389. The number of benzene rings is 1. The van der Waals surface area contributed by atoms with Gasteiger partial charge in [-0.05, 0) is 50.6 Å². The van der Waals surface area contributed by atoms with Crippen LogP contribution in [-0.4, -0.2) is 23.7 Å². The third-order valence-corrected chi connectivity index (χ3v) is 4.96. The van der Waals surface area contributed by atoms with E-state index in [1.54, 1.807) is 0 Å². The Kier molecular flexibility index (Phi) is 2.72. The number of nitrogens with two attached hydrogens (primary N) is 1. The molecule has 0 unspecified atom stereocenters. The molecule has 0 aromatic heterocycles. The fraction of sp³-hybridized carbons (Fsp3) is 0.600. The molecule has 0 spiro atoms. The van der Waals surface area contributed by atoms with Gasteiger partial charge in [-0.15, -0.1) is 0 Å². The van der Waals surface area contributed by atoms with E-state index in [1.807, 2.05) is 0 Å². The summed E-state index contributed by atoms with van der Waals surface area (Å²) in [5.41, 5.74) is 8.05. The molecule has 1 aromatic carbocycles. The van der Waals surface area contributed by atoms with Crippen LogP contribution in [0.2, 0.25) is 0 Å². The summed E-state index contributed by atoms with van der Waals surface area (Å²) in [7, 11) is 2.22. The summed E-state index contributed by atoms with van der Waals surface area (Å²) in [4.78, 5) is 2.45. The van der Waals surface area contributed by atoms with Gasteiger partial charge in [0, 0.05) is 6.04 Å². The van der Waals surface area contributed by atoms with Crippen LogP contribution in [0.3, 0.4) is 0 Å². The molecule has 2 aliphatic rings. The fourth-order valence-corrected chi connectivity index (χ4v) is 3.76. The predicted octanol–water partition coefficient (Wildman–Crippen LogP) is 2.39. The molecule has 2 bridgehead atoms. The zero-order valence-corrected chi connectivity index (χ0v) is 10.6. The minimum atomic E-state index is -0.0429. The number of piperidine rings is 1. The molecule has 2 nitrogen and oxygen atoms in total. The Morgan fingerprint density at radius 1 is 1.24 bits per heavy atom. The van der Waals surface area contributed by atoms with Crippen LogP contribution in [0.15, 0.2) is 30.3 Å². The molecular formula is C15H22N2. The van der Waals surface area contributed by atoms with E-state index in [0.29, 0.717) is 5.92 Å². The van der Waals surface area contributed by atoms with Crippen LogP contribution in [-0.2, 0) is 6.42 Å². The lowest BCUT2D eigenvalue weighted by Gasteiger charge is -2.46. The lowest BCUT2D eigenvalue weighted by molar-refractivity contribution is 0.0294. The highest BCUT2D eigenvalue weighted by molar-refractivity contribution is 5.17. The van der Waals surface area contributed by atoms with Crippen molar-refractivity contribution in [1.82, 2.24) is 4.90 Å². The second-order valence-corrected chi connectivity index (χ2v) is 5.76. The molecule has 2 heterocycles. The van der Waals surface area contributed by atoms with Gasteiger partial charge in [-0.3, -0.25) is 4.90 Å². The summed E-state index contributed by atoms with van der Waals surface area (Å²) in [6.07, 6.45) is 6.21. The topological polar surface area (TPSA) is 29.3 Å². The van der Waals surface area contributed by atoms with Gasteiger partial charge in [-0.1, -0.05) is 30.3 Å². The van der Waals surface area contributed by atoms with Crippen molar-refractivity contribution in [3.05, 3.63) is 35.9 Å². The van der Waals surface area contributed by atoms with Crippen LogP contribution >= 0.6 is 0 Å². The average molecular weight is 230 g/mol. The summed E-state index contributed by atoms with van der Waals surface area (Å²) in [5.74, 6) is 0.619. The SMILES string of the molecule is CN1[C@@H]2CC[C@H](Cc3ccccc3)[C@@]1(N)CC2. The first-order valence-electron chi connectivity index (χ1n) is 6.76.